The highest BCUT2D eigenvalue weighted by Gasteiger charge is 2.36. The number of hydrogen-bond acceptors (Lipinski definition) is 2. The molecule has 1 aromatic rings. The van der Waals surface area contributed by atoms with Crippen molar-refractivity contribution in [1.82, 2.24) is 10.2 Å². The molecule has 0 saturated carbocycles. The molecule has 1 heterocycles. The van der Waals surface area contributed by atoms with Gasteiger partial charge in [-0.15, -0.1) is 0 Å². The van der Waals surface area contributed by atoms with Crippen LogP contribution in [0.25, 0.3) is 0 Å². The van der Waals surface area contributed by atoms with Gasteiger partial charge in [-0.2, -0.15) is 0 Å². The van der Waals surface area contributed by atoms with Crippen LogP contribution >= 0.6 is 0 Å². The number of β-lactam (4-membered cyclic amide) rings is 1. The highest BCUT2D eigenvalue weighted by molar-refractivity contribution is 5.83. The van der Waals surface area contributed by atoms with E-state index in [0.717, 1.165) is 26.1 Å². The molecule has 1 aliphatic heterocycles. The molecular weight excluding hydrogens is 212 g/mol. The Bertz CT molecular complexity index is 364. The molecule has 17 heavy (non-hydrogen) atoms. The molecule has 3 nitrogen and oxygen atoms in total. The average molecular weight is 232 g/mol. The number of amides is 1. The second-order valence-electron chi connectivity index (χ2n) is 4.42. The minimum absolute atomic E-state index is 0.287. The van der Waals surface area contributed by atoms with E-state index in [1.54, 1.807) is 0 Å². The number of nitrogens with zero attached hydrogens (tertiary/aromatic N) is 1. The molecule has 92 valence electrons. The van der Waals surface area contributed by atoms with Gasteiger partial charge in [-0.3, -0.25) is 4.79 Å². The smallest absolute Gasteiger partial charge is 0.225 e. The molecule has 3 heteroatoms. The highest BCUT2D eigenvalue weighted by Crippen LogP contribution is 2.33. The Hall–Kier alpha value is -1.35. The van der Waals surface area contributed by atoms with Gasteiger partial charge in [-0.05, 0) is 25.1 Å². The standard InChI is InChI=1S/C14H20N2O/c1-2-15-9-6-10-16-13(11-14(16)17)12-7-4-3-5-8-12/h3-5,7-8,13,15H,2,6,9-11H2,1H3. The van der Waals surface area contributed by atoms with Crippen LogP contribution in [-0.2, 0) is 4.79 Å². The first kappa shape index (κ1) is 12.1. The predicted octanol–water partition coefficient (Wildman–Crippen LogP) is 1.96. The third kappa shape index (κ3) is 2.86. The Morgan fingerprint density at radius 1 is 1.35 bits per heavy atom. The van der Waals surface area contributed by atoms with Crippen LogP contribution < -0.4 is 5.32 Å². The van der Waals surface area contributed by atoms with E-state index in [-0.39, 0.29) is 5.91 Å². The van der Waals surface area contributed by atoms with Crippen LogP contribution in [0.4, 0.5) is 0 Å². The SMILES string of the molecule is CCNCCCN1C(=O)CC1c1ccccc1. The Morgan fingerprint density at radius 3 is 2.76 bits per heavy atom. The minimum Gasteiger partial charge on any atom is -0.335 e. The number of carbonyl (C=O) groups excluding carboxylic acids is 1. The summed E-state index contributed by atoms with van der Waals surface area (Å²) in [5, 5.41) is 3.28. The largest absolute Gasteiger partial charge is 0.335 e. The number of hydrogen-bond donors (Lipinski definition) is 1. The van der Waals surface area contributed by atoms with Gasteiger partial charge in [0.1, 0.15) is 0 Å². The monoisotopic (exact) mass is 232 g/mol. The predicted molar refractivity (Wildman–Crippen MR) is 68.7 cm³/mol. The zero-order valence-electron chi connectivity index (χ0n) is 10.4. The molecule has 1 unspecified atom stereocenters. The molecule has 1 saturated heterocycles. The molecule has 0 aromatic heterocycles. The van der Waals surface area contributed by atoms with Gasteiger partial charge in [-0.25, -0.2) is 0 Å². The summed E-state index contributed by atoms with van der Waals surface area (Å²) in [5.41, 5.74) is 1.26. The van der Waals surface area contributed by atoms with Crippen LogP contribution in [0.1, 0.15) is 31.4 Å². The summed E-state index contributed by atoms with van der Waals surface area (Å²) < 4.78 is 0. The van der Waals surface area contributed by atoms with Gasteiger partial charge in [-0.1, -0.05) is 37.3 Å². The zero-order valence-corrected chi connectivity index (χ0v) is 10.4. The third-order valence-corrected chi connectivity index (χ3v) is 3.25. The summed E-state index contributed by atoms with van der Waals surface area (Å²) in [5.74, 6) is 0.287. The van der Waals surface area contributed by atoms with E-state index in [0.29, 0.717) is 12.5 Å². The van der Waals surface area contributed by atoms with Crippen molar-refractivity contribution in [3.05, 3.63) is 35.9 Å². The van der Waals surface area contributed by atoms with Gasteiger partial charge >= 0.3 is 0 Å². The van der Waals surface area contributed by atoms with Crippen molar-refractivity contribution in [2.24, 2.45) is 0 Å². The molecule has 0 radical (unpaired) electrons. The number of likely N-dealkylation sites (tertiary alicyclic amines) is 1. The van der Waals surface area contributed by atoms with Crippen molar-refractivity contribution < 1.29 is 4.79 Å². The highest BCUT2D eigenvalue weighted by atomic mass is 16.2. The first-order chi connectivity index (χ1) is 8.33. The Kier molecular flexibility index (Phi) is 4.15. The van der Waals surface area contributed by atoms with Gasteiger partial charge in [0.05, 0.1) is 12.5 Å². The van der Waals surface area contributed by atoms with Crippen LogP contribution in [0, 0.1) is 0 Å². The first-order valence-electron chi connectivity index (χ1n) is 6.38. The molecule has 1 atom stereocenters. The van der Waals surface area contributed by atoms with Crippen LogP contribution in [-0.4, -0.2) is 30.4 Å². The second kappa shape index (κ2) is 5.82. The van der Waals surface area contributed by atoms with Gasteiger partial charge < -0.3 is 10.2 Å². The van der Waals surface area contributed by atoms with E-state index in [2.05, 4.69) is 24.4 Å². The Balaban J connectivity index is 1.86. The van der Waals surface area contributed by atoms with E-state index < -0.39 is 0 Å². The van der Waals surface area contributed by atoms with Crippen molar-refractivity contribution in [2.75, 3.05) is 19.6 Å². The lowest BCUT2D eigenvalue weighted by Crippen LogP contribution is -2.47. The topological polar surface area (TPSA) is 32.3 Å². The number of nitrogens with one attached hydrogen (secondary N) is 1. The number of benzene rings is 1. The van der Waals surface area contributed by atoms with Crippen LogP contribution in [0.3, 0.4) is 0 Å². The maximum absolute atomic E-state index is 11.6. The molecule has 0 bridgehead atoms. The van der Waals surface area contributed by atoms with Crippen LogP contribution in [0.2, 0.25) is 0 Å². The molecule has 0 aliphatic carbocycles. The molecule has 1 fully saturated rings. The summed E-state index contributed by atoms with van der Waals surface area (Å²) in [7, 11) is 0. The lowest BCUT2D eigenvalue weighted by atomic mass is 9.94. The van der Waals surface area contributed by atoms with E-state index in [1.165, 1.54) is 5.56 Å². The summed E-state index contributed by atoms with van der Waals surface area (Å²) in [4.78, 5) is 13.6. The van der Waals surface area contributed by atoms with Crippen LogP contribution in [0.15, 0.2) is 30.3 Å². The van der Waals surface area contributed by atoms with Crippen molar-refractivity contribution >= 4 is 5.91 Å². The summed E-state index contributed by atoms with van der Waals surface area (Å²) in [6, 6.07) is 10.6. The zero-order chi connectivity index (χ0) is 12.1. The van der Waals surface area contributed by atoms with Crippen molar-refractivity contribution in [3.63, 3.8) is 0 Å². The quantitative estimate of drug-likeness (QED) is 0.600. The maximum atomic E-state index is 11.6. The van der Waals surface area contributed by atoms with Crippen molar-refractivity contribution in [2.45, 2.75) is 25.8 Å². The average Bonchev–Trinajstić information content (AvgIpc) is 2.36. The molecule has 1 amide bonds. The number of rotatable bonds is 6. The summed E-state index contributed by atoms with van der Waals surface area (Å²) in [6.45, 7) is 4.95. The third-order valence-electron chi connectivity index (χ3n) is 3.25. The number of carbonyl (C=O) groups is 1. The second-order valence-corrected chi connectivity index (χ2v) is 4.42. The molecule has 2 rings (SSSR count). The maximum Gasteiger partial charge on any atom is 0.225 e. The van der Waals surface area contributed by atoms with E-state index in [4.69, 9.17) is 0 Å². The Labute approximate surface area is 103 Å². The molecule has 1 N–H and O–H groups in total. The fraction of sp³-hybridized carbons (Fsp3) is 0.500. The van der Waals surface area contributed by atoms with E-state index >= 15 is 0 Å². The van der Waals surface area contributed by atoms with E-state index in [1.807, 2.05) is 23.1 Å². The summed E-state index contributed by atoms with van der Waals surface area (Å²) in [6.07, 6.45) is 1.70. The Morgan fingerprint density at radius 2 is 2.12 bits per heavy atom. The summed E-state index contributed by atoms with van der Waals surface area (Å²) >= 11 is 0. The lowest BCUT2D eigenvalue weighted by molar-refractivity contribution is -0.146. The normalized spacial score (nSPS) is 19.2. The fourth-order valence-electron chi connectivity index (χ4n) is 2.26. The first-order valence-corrected chi connectivity index (χ1v) is 6.38. The fourth-order valence-corrected chi connectivity index (χ4v) is 2.26. The molecule has 1 aromatic carbocycles. The van der Waals surface area contributed by atoms with Gasteiger partial charge in [0.15, 0.2) is 0 Å². The molecule has 0 spiro atoms. The lowest BCUT2D eigenvalue weighted by Gasteiger charge is -2.41. The molecule has 1 aliphatic rings. The van der Waals surface area contributed by atoms with Crippen molar-refractivity contribution in [1.29, 1.82) is 0 Å². The van der Waals surface area contributed by atoms with Gasteiger partial charge in [0, 0.05) is 6.54 Å². The van der Waals surface area contributed by atoms with Gasteiger partial charge in [0.25, 0.3) is 0 Å². The van der Waals surface area contributed by atoms with E-state index in [9.17, 15) is 4.79 Å². The molecular formula is C14H20N2O. The minimum atomic E-state index is 0.287. The van der Waals surface area contributed by atoms with Crippen LogP contribution in [0.5, 0.6) is 0 Å². The van der Waals surface area contributed by atoms with Gasteiger partial charge in [0.2, 0.25) is 5.91 Å². The van der Waals surface area contributed by atoms with Crippen molar-refractivity contribution in [3.8, 4) is 0 Å².